The zero-order chi connectivity index (χ0) is 17.1. The van der Waals surface area contributed by atoms with Gasteiger partial charge in [0.15, 0.2) is 0 Å². The number of allylic oxidation sites excluding steroid dienone is 4. The van der Waals surface area contributed by atoms with Crippen molar-refractivity contribution in [3.05, 3.63) is 47.6 Å². The molecule has 1 aromatic rings. The molecule has 3 nitrogen and oxygen atoms in total. The van der Waals surface area contributed by atoms with Gasteiger partial charge in [0.25, 0.3) is 0 Å². The second-order valence-corrected chi connectivity index (χ2v) is 6.72. The first-order valence-electron chi connectivity index (χ1n) is 7.25. The van der Waals surface area contributed by atoms with Gasteiger partial charge in [-0.3, -0.25) is 0 Å². The van der Waals surface area contributed by atoms with Gasteiger partial charge >= 0.3 is 15.6 Å². The summed E-state index contributed by atoms with van der Waals surface area (Å²) in [5.74, 6) is -0.358. The van der Waals surface area contributed by atoms with Crippen LogP contribution in [-0.4, -0.2) is 13.9 Å². The predicted molar refractivity (Wildman–Crippen MR) is 82.2 cm³/mol. The Kier molecular flexibility index (Phi) is 5.19. The molecule has 0 heterocycles. The summed E-state index contributed by atoms with van der Waals surface area (Å²) >= 11 is 0. The number of rotatable bonds is 5. The van der Waals surface area contributed by atoms with Gasteiger partial charge in [-0.1, -0.05) is 37.6 Å². The van der Waals surface area contributed by atoms with Gasteiger partial charge < -0.3 is 4.18 Å². The SMILES string of the molecule is CCCC1=CCCC=C1c1ccc(OS(=O)(=O)C(F)(F)F)cc1. The second-order valence-electron chi connectivity index (χ2n) is 5.18. The largest absolute Gasteiger partial charge is 0.534 e. The summed E-state index contributed by atoms with van der Waals surface area (Å²) in [5, 5.41) is 0. The lowest BCUT2D eigenvalue weighted by Crippen LogP contribution is -2.28. The van der Waals surface area contributed by atoms with E-state index in [2.05, 4.69) is 23.3 Å². The van der Waals surface area contributed by atoms with Crippen molar-refractivity contribution in [3.63, 3.8) is 0 Å². The Morgan fingerprint density at radius 2 is 1.70 bits per heavy atom. The number of hydrogen-bond acceptors (Lipinski definition) is 3. The summed E-state index contributed by atoms with van der Waals surface area (Å²) < 4.78 is 62.9. The van der Waals surface area contributed by atoms with E-state index in [-0.39, 0.29) is 5.75 Å². The summed E-state index contributed by atoms with van der Waals surface area (Å²) in [4.78, 5) is 0. The van der Waals surface area contributed by atoms with Crippen molar-refractivity contribution in [3.8, 4) is 5.75 Å². The van der Waals surface area contributed by atoms with E-state index in [9.17, 15) is 21.6 Å². The molecule has 0 bridgehead atoms. The number of halogens is 3. The molecule has 0 aliphatic heterocycles. The van der Waals surface area contributed by atoms with Gasteiger partial charge in [-0.2, -0.15) is 21.6 Å². The highest BCUT2D eigenvalue weighted by molar-refractivity contribution is 7.88. The first-order valence-corrected chi connectivity index (χ1v) is 8.66. The quantitative estimate of drug-likeness (QED) is 0.567. The first-order chi connectivity index (χ1) is 10.7. The van der Waals surface area contributed by atoms with Crippen LogP contribution < -0.4 is 4.18 Å². The third-order valence-corrected chi connectivity index (χ3v) is 4.40. The van der Waals surface area contributed by atoms with Gasteiger partial charge in [-0.25, -0.2) is 0 Å². The zero-order valence-electron chi connectivity index (χ0n) is 12.6. The monoisotopic (exact) mass is 346 g/mol. The smallest absolute Gasteiger partial charge is 0.376 e. The average Bonchev–Trinajstić information content (AvgIpc) is 2.48. The maximum atomic E-state index is 12.3. The second kappa shape index (κ2) is 6.78. The normalized spacial score (nSPS) is 15.8. The molecule has 2 rings (SSSR count). The lowest BCUT2D eigenvalue weighted by Gasteiger charge is -2.17. The molecule has 7 heteroatoms. The molecule has 0 fully saturated rings. The van der Waals surface area contributed by atoms with E-state index >= 15 is 0 Å². The molecule has 0 atom stereocenters. The highest BCUT2D eigenvalue weighted by Crippen LogP contribution is 2.33. The summed E-state index contributed by atoms with van der Waals surface area (Å²) in [6, 6.07) is 5.61. The lowest BCUT2D eigenvalue weighted by molar-refractivity contribution is -0.0500. The van der Waals surface area contributed by atoms with Crippen LogP contribution in [0.15, 0.2) is 42.0 Å². The van der Waals surface area contributed by atoms with Gasteiger partial charge in [0, 0.05) is 0 Å². The number of hydrogen-bond donors (Lipinski definition) is 0. The van der Waals surface area contributed by atoms with Crippen molar-refractivity contribution in [2.45, 2.75) is 38.1 Å². The van der Waals surface area contributed by atoms with Crippen LogP contribution in [0.2, 0.25) is 0 Å². The summed E-state index contributed by atoms with van der Waals surface area (Å²) in [7, 11) is -5.63. The van der Waals surface area contributed by atoms with E-state index in [4.69, 9.17) is 0 Å². The molecule has 0 spiro atoms. The van der Waals surface area contributed by atoms with Gasteiger partial charge in [-0.15, -0.1) is 0 Å². The minimum Gasteiger partial charge on any atom is -0.376 e. The molecule has 1 aliphatic rings. The van der Waals surface area contributed by atoms with Crippen LogP contribution in [0, 0.1) is 0 Å². The molecule has 1 aliphatic carbocycles. The van der Waals surface area contributed by atoms with Gasteiger partial charge in [-0.05, 0) is 48.1 Å². The highest BCUT2D eigenvalue weighted by atomic mass is 32.2. The standard InChI is InChI=1S/C16H17F3O3S/c1-2-5-12-6-3-4-7-15(12)13-8-10-14(11-9-13)22-23(20,21)16(17,18)19/h6-11H,2-5H2,1H3. The van der Waals surface area contributed by atoms with Crippen LogP contribution >= 0.6 is 0 Å². The van der Waals surface area contributed by atoms with E-state index in [1.165, 1.54) is 17.7 Å². The first kappa shape index (κ1) is 17.6. The maximum Gasteiger partial charge on any atom is 0.534 e. The summed E-state index contributed by atoms with van der Waals surface area (Å²) in [5.41, 5.74) is -2.35. The van der Waals surface area contributed by atoms with E-state index in [0.29, 0.717) is 0 Å². The summed E-state index contributed by atoms with van der Waals surface area (Å²) in [6.45, 7) is 2.08. The Morgan fingerprint density at radius 1 is 1.09 bits per heavy atom. The molecule has 0 N–H and O–H groups in total. The highest BCUT2D eigenvalue weighted by Gasteiger charge is 2.48. The van der Waals surface area contributed by atoms with Gasteiger partial charge in [0.05, 0.1) is 0 Å². The van der Waals surface area contributed by atoms with E-state index in [1.54, 1.807) is 12.1 Å². The Hall–Kier alpha value is -1.76. The number of alkyl halides is 3. The Labute approximate surface area is 133 Å². The fourth-order valence-corrected chi connectivity index (χ4v) is 2.86. The van der Waals surface area contributed by atoms with Crippen molar-refractivity contribution in [2.24, 2.45) is 0 Å². The fourth-order valence-electron chi connectivity index (χ4n) is 2.40. The molecule has 0 aromatic heterocycles. The number of benzene rings is 1. The fraction of sp³-hybridized carbons (Fsp3) is 0.375. The molecule has 0 amide bonds. The Balaban J connectivity index is 2.20. The van der Waals surface area contributed by atoms with Crippen molar-refractivity contribution in [2.75, 3.05) is 0 Å². The van der Waals surface area contributed by atoms with Crippen LogP contribution in [-0.2, 0) is 10.1 Å². The van der Waals surface area contributed by atoms with E-state index in [0.717, 1.165) is 36.8 Å². The van der Waals surface area contributed by atoms with Crippen molar-refractivity contribution < 1.29 is 25.8 Å². The molecule has 0 saturated heterocycles. The van der Waals surface area contributed by atoms with Gasteiger partial charge in [0.1, 0.15) is 5.75 Å². The van der Waals surface area contributed by atoms with Crippen molar-refractivity contribution in [1.29, 1.82) is 0 Å². The van der Waals surface area contributed by atoms with Crippen LogP contribution in [0.3, 0.4) is 0 Å². The third kappa shape index (κ3) is 4.16. The molecule has 0 saturated carbocycles. The molecular weight excluding hydrogens is 329 g/mol. The lowest BCUT2D eigenvalue weighted by atomic mass is 9.89. The molecule has 23 heavy (non-hydrogen) atoms. The van der Waals surface area contributed by atoms with E-state index < -0.39 is 15.6 Å². The average molecular weight is 346 g/mol. The molecule has 0 unspecified atom stereocenters. The zero-order valence-corrected chi connectivity index (χ0v) is 13.4. The van der Waals surface area contributed by atoms with Crippen LogP contribution in [0.4, 0.5) is 13.2 Å². The third-order valence-electron chi connectivity index (χ3n) is 3.43. The minimum absolute atomic E-state index is 0.358. The minimum atomic E-state index is -5.63. The van der Waals surface area contributed by atoms with Crippen LogP contribution in [0.5, 0.6) is 5.75 Å². The molecular formula is C16H17F3O3S. The van der Waals surface area contributed by atoms with Crippen LogP contribution in [0.1, 0.15) is 38.2 Å². The molecule has 126 valence electrons. The van der Waals surface area contributed by atoms with Crippen LogP contribution in [0.25, 0.3) is 5.57 Å². The Morgan fingerprint density at radius 3 is 2.26 bits per heavy atom. The van der Waals surface area contributed by atoms with Crippen molar-refractivity contribution in [1.82, 2.24) is 0 Å². The van der Waals surface area contributed by atoms with Gasteiger partial charge in [0.2, 0.25) is 0 Å². The maximum absolute atomic E-state index is 12.3. The summed E-state index contributed by atoms with van der Waals surface area (Å²) in [6.07, 6.45) is 8.05. The molecule has 1 aromatic carbocycles. The Bertz CT molecular complexity index is 714. The topological polar surface area (TPSA) is 43.4 Å². The predicted octanol–water partition coefficient (Wildman–Crippen LogP) is 4.82. The van der Waals surface area contributed by atoms with Crippen molar-refractivity contribution >= 4 is 15.7 Å². The molecule has 0 radical (unpaired) electrons. The van der Waals surface area contributed by atoms with E-state index in [1.807, 2.05) is 0 Å².